The van der Waals surface area contributed by atoms with Gasteiger partial charge in [-0.05, 0) is 54.4 Å². The topological polar surface area (TPSA) is 51.0 Å². The van der Waals surface area contributed by atoms with Gasteiger partial charge in [-0.2, -0.15) is 0 Å². The van der Waals surface area contributed by atoms with Gasteiger partial charge >= 0.3 is 0 Å². The Labute approximate surface area is 177 Å². The summed E-state index contributed by atoms with van der Waals surface area (Å²) in [5.74, 6) is -0.446. The van der Waals surface area contributed by atoms with Crippen LogP contribution in [0.3, 0.4) is 0 Å². The van der Waals surface area contributed by atoms with E-state index in [1.165, 1.54) is 29.8 Å². The zero-order valence-electron chi connectivity index (χ0n) is 16.1. The van der Waals surface area contributed by atoms with E-state index in [9.17, 15) is 8.78 Å². The normalized spacial score (nSPS) is 12.0. The molecule has 0 aliphatic heterocycles. The molecule has 0 amide bonds. The Morgan fingerprint density at radius 2 is 1.73 bits per heavy atom. The Hall–Kier alpha value is -3.25. The number of nitrogens with zero attached hydrogens (tertiary/aromatic N) is 2. The molecule has 1 heterocycles. The van der Waals surface area contributed by atoms with Crippen molar-refractivity contribution in [2.24, 2.45) is 0 Å². The number of rotatable bonds is 6. The van der Waals surface area contributed by atoms with Crippen LogP contribution < -0.4 is 5.32 Å². The fraction of sp³-hybridized carbons (Fsp3) is 0.130. The smallest absolute Gasteiger partial charge is 0.247 e. The monoisotopic (exact) mass is 425 g/mol. The molecule has 7 heteroatoms. The van der Waals surface area contributed by atoms with Crippen LogP contribution in [0.15, 0.2) is 71.1 Å². The van der Waals surface area contributed by atoms with Crippen LogP contribution in [0.1, 0.15) is 30.0 Å². The molecule has 0 spiro atoms. The Morgan fingerprint density at radius 3 is 2.43 bits per heavy atom. The van der Waals surface area contributed by atoms with E-state index in [-0.39, 0.29) is 16.8 Å². The third-order valence-electron chi connectivity index (χ3n) is 4.71. The summed E-state index contributed by atoms with van der Waals surface area (Å²) in [5.41, 5.74) is 3.04. The van der Waals surface area contributed by atoms with Gasteiger partial charge in [-0.15, -0.1) is 10.2 Å². The zero-order valence-corrected chi connectivity index (χ0v) is 16.8. The number of hydrogen-bond acceptors (Lipinski definition) is 4. The number of benzene rings is 3. The molecule has 0 saturated carbocycles. The number of anilines is 1. The van der Waals surface area contributed by atoms with Crippen LogP contribution in [0.5, 0.6) is 0 Å². The molecule has 0 bridgehead atoms. The van der Waals surface area contributed by atoms with Crippen molar-refractivity contribution in [2.75, 3.05) is 5.32 Å². The second-order valence-electron chi connectivity index (χ2n) is 6.75. The Kier molecular flexibility index (Phi) is 5.77. The van der Waals surface area contributed by atoms with E-state index in [2.05, 4.69) is 22.4 Å². The number of halogens is 3. The lowest BCUT2D eigenvalue weighted by Gasteiger charge is -2.18. The van der Waals surface area contributed by atoms with Gasteiger partial charge in [0, 0.05) is 21.8 Å². The van der Waals surface area contributed by atoms with Crippen molar-refractivity contribution in [3.05, 3.63) is 100 Å². The van der Waals surface area contributed by atoms with Crippen molar-refractivity contribution in [2.45, 2.75) is 19.4 Å². The number of aryl methyl sites for hydroxylation is 1. The van der Waals surface area contributed by atoms with Crippen LogP contribution in [-0.4, -0.2) is 10.2 Å². The Morgan fingerprint density at radius 1 is 0.967 bits per heavy atom. The minimum atomic E-state index is -0.625. The summed E-state index contributed by atoms with van der Waals surface area (Å²) in [6, 6.07) is 17.3. The average Bonchev–Trinajstić information content (AvgIpc) is 3.23. The van der Waals surface area contributed by atoms with Crippen LogP contribution in [0.2, 0.25) is 5.02 Å². The summed E-state index contributed by atoms with van der Waals surface area (Å²) in [5, 5.41) is 11.7. The first-order valence-corrected chi connectivity index (χ1v) is 9.81. The molecule has 0 aliphatic carbocycles. The predicted octanol–water partition coefficient (Wildman–Crippen LogP) is 6.43. The van der Waals surface area contributed by atoms with E-state index in [1.807, 2.05) is 24.3 Å². The van der Waals surface area contributed by atoms with E-state index in [0.29, 0.717) is 11.1 Å². The third kappa shape index (κ3) is 4.33. The predicted molar refractivity (Wildman–Crippen MR) is 112 cm³/mol. The maximum absolute atomic E-state index is 13.6. The number of aromatic nitrogens is 2. The molecular weight excluding hydrogens is 408 g/mol. The van der Waals surface area contributed by atoms with Gasteiger partial charge in [0.2, 0.25) is 11.8 Å². The van der Waals surface area contributed by atoms with Crippen molar-refractivity contribution in [1.82, 2.24) is 10.2 Å². The minimum absolute atomic E-state index is 0.177. The van der Waals surface area contributed by atoms with E-state index in [4.69, 9.17) is 16.0 Å². The Bertz CT molecular complexity index is 1160. The first-order chi connectivity index (χ1) is 14.5. The molecule has 4 nitrogen and oxygen atoms in total. The summed E-state index contributed by atoms with van der Waals surface area (Å²) in [7, 11) is 0. The van der Waals surface area contributed by atoms with Gasteiger partial charge in [0.15, 0.2) is 0 Å². The van der Waals surface area contributed by atoms with Gasteiger partial charge in [-0.1, -0.05) is 42.8 Å². The van der Waals surface area contributed by atoms with E-state index in [1.54, 1.807) is 18.2 Å². The highest BCUT2D eigenvalue weighted by atomic mass is 35.5. The molecule has 0 aliphatic rings. The fourth-order valence-electron chi connectivity index (χ4n) is 3.10. The van der Waals surface area contributed by atoms with E-state index >= 15 is 0 Å². The molecule has 152 valence electrons. The van der Waals surface area contributed by atoms with Crippen molar-refractivity contribution >= 4 is 17.3 Å². The average molecular weight is 426 g/mol. The van der Waals surface area contributed by atoms with Crippen molar-refractivity contribution < 1.29 is 13.2 Å². The van der Waals surface area contributed by atoms with Crippen LogP contribution in [0.4, 0.5) is 14.5 Å². The molecular formula is C23H18ClF2N3O. The largest absolute Gasteiger partial charge is 0.418 e. The molecule has 1 atom stereocenters. The lowest BCUT2D eigenvalue weighted by atomic mass is 10.1. The fourth-order valence-corrected chi connectivity index (χ4v) is 3.38. The van der Waals surface area contributed by atoms with Crippen molar-refractivity contribution in [1.29, 1.82) is 0 Å². The first kappa shape index (κ1) is 20.0. The molecule has 3 aromatic carbocycles. The number of nitrogens with one attached hydrogen (secondary N) is 1. The molecule has 30 heavy (non-hydrogen) atoms. The van der Waals surface area contributed by atoms with E-state index < -0.39 is 17.7 Å². The summed E-state index contributed by atoms with van der Waals surface area (Å²) >= 11 is 6.31. The summed E-state index contributed by atoms with van der Waals surface area (Å²) in [6.45, 7) is 2.08. The van der Waals surface area contributed by atoms with Crippen LogP contribution in [0.25, 0.3) is 11.5 Å². The second kappa shape index (κ2) is 8.63. The Balaban J connectivity index is 1.73. The number of hydrogen-bond donors (Lipinski definition) is 1. The second-order valence-corrected chi connectivity index (χ2v) is 7.16. The van der Waals surface area contributed by atoms with Crippen LogP contribution in [-0.2, 0) is 6.42 Å². The van der Waals surface area contributed by atoms with Gasteiger partial charge in [-0.25, -0.2) is 8.78 Å². The maximum Gasteiger partial charge on any atom is 0.247 e. The first-order valence-electron chi connectivity index (χ1n) is 9.43. The lowest BCUT2D eigenvalue weighted by molar-refractivity contribution is 0.493. The van der Waals surface area contributed by atoms with Gasteiger partial charge < -0.3 is 9.73 Å². The van der Waals surface area contributed by atoms with Gasteiger partial charge in [0.1, 0.15) is 17.7 Å². The molecule has 4 aromatic rings. The van der Waals surface area contributed by atoms with Crippen molar-refractivity contribution in [3.8, 4) is 11.5 Å². The standard InChI is InChI=1S/C23H18ClF2N3O/c1-2-14-6-9-18(10-7-14)27-21(19-11-8-17(26)13-20(19)24)23-29-28-22(30-23)15-4-3-5-16(25)12-15/h3-13,21,27H,2H2,1H3. The highest BCUT2D eigenvalue weighted by Crippen LogP contribution is 2.33. The quantitative estimate of drug-likeness (QED) is 0.386. The molecule has 1 unspecified atom stereocenters. The van der Waals surface area contributed by atoms with Crippen LogP contribution in [0, 0.1) is 11.6 Å². The third-order valence-corrected chi connectivity index (χ3v) is 5.03. The minimum Gasteiger partial charge on any atom is -0.418 e. The van der Waals surface area contributed by atoms with Crippen molar-refractivity contribution in [3.63, 3.8) is 0 Å². The molecule has 4 rings (SSSR count). The maximum atomic E-state index is 13.6. The highest BCUT2D eigenvalue weighted by molar-refractivity contribution is 6.31. The summed E-state index contributed by atoms with van der Waals surface area (Å²) in [4.78, 5) is 0. The zero-order chi connectivity index (χ0) is 21.1. The molecule has 0 saturated heterocycles. The van der Waals surface area contributed by atoms with E-state index in [0.717, 1.165) is 12.1 Å². The summed E-state index contributed by atoms with van der Waals surface area (Å²) in [6.07, 6.45) is 0.925. The van der Waals surface area contributed by atoms with Gasteiger partial charge in [0.25, 0.3) is 0 Å². The summed E-state index contributed by atoms with van der Waals surface area (Å²) < 4.78 is 33.0. The van der Waals surface area contributed by atoms with Gasteiger partial charge in [-0.3, -0.25) is 0 Å². The lowest BCUT2D eigenvalue weighted by Crippen LogP contribution is -2.13. The van der Waals surface area contributed by atoms with Gasteiger partial charge in [0.05, 0.1) is 0 Å². The van der Waals surface area contributed by atoms with Crippen LogP contribution >= 0.6 is 11.6 Å². The molecule has 0 fully saturated rings. The highest BCUT2D eigenvalue weighted by Gasteiger charge is 2.24. The molecule has 1 aromatic heterocycles. The SMILES string of the molecule is CCc1ccc(NC(c2nnc(-c3cccc(F)c3)o2)c2ccc(F)cc2Cl)cc1. The molecule has 0 radical (unpaired) electrons. The molecule has 1 N–H and O–H groups in total.